The quantitative estimate of drug-likeness (QED) is 0.360. The molecule has 70 valence electrons. The molecule has 0 aliphatic carbocycles. The van der Waals surface area contributed by atoms with Gasteiger partial charge in [0, 0.05) is 5.57 Å². The SMILES string of the molecule is CC=C(CC)C(=O)OCCCC. The third-order valence-electron chi connectivity index (χ3n) is 1.72. The summed E-state index contributed by atoms with van der Waals surface area (Å²) < 4.78 is 5.02. The second-order valence-electron chi connectivity index (χ2n) is 2.66. The van der Waals surface area contributed by atoms with Gasteiger partial charge in [-0.3, -0.25) is 0 Å². The van der Waals surface area contributed by atoms with Crippen LogP contribution in [0.25, 0.3) is 0 Å². The highest BCUT2D eigenvalue weighted by molar-refractivity contribution is 5.88. The van der Waals surface area contributed by atoms with Crippen LogP contribution in [0.1, 0.15) is 40.0 Å². The Bertz CT molecular complexity index is 159. The second-order valence-corrected chi connectivity index (χ2v) is 2.66. The van der Waals surface area contributed by atoms with E-state index in [-0.39, 0.29) is 5.97 Å². The highest BCUT2D eigenvalue weighted by atomic mass is 16.5. The molecule has 0 N–H and O–H groups in total. The van der Waals surface area contributed by atoms with Gasteiger partial charge in [-0.05, 0) is 19.8 Å². The Kier molecular flexibility index (Phi) is 6.44. The number of esters is 1. The zero-order valence-electron chi connectivity index (χ0n) is 8.22. The predicted octanol–water partition coefficient (Wildman–Crippen LogP) is 2.69. The van der Waals surface area contributed by atoms with Gasteiger partial charge in [0.2, 0.25) is 0 Å². The normalized spacial score (nSPS) is 11.4. The standard InChI is InChI=1S/C10H18O2/c1-4-7-8-12-10(11)9(5-2)6-3/h5H,4,6-8H2,1-3H3. The maximum absolute atomic E-state index is 11.2. The average Bonchev–Trinajstić information content (AvgIpc) is 2.07. The molecule has 0 amide bonds. The first-order chi connectivity index (χ1) is 5.76. The van der Waals surface area contributed by atoms with Crippen LogP contribution in [0.15, 0.2) is 11.6 Å². The molecule has 0 aliphatic rings. The van der Waals surface area contributed by atoms with E-state index in [4.69, 9.17) is 4.74 Å². The lowest BCUT2D eigenvalue weighted by Gasteiger charge is -2.04. The lowest BCUT2D eigenvalue weighted by molar-refractivity contribution is -0.139. The topological polar surface area (TPSA) is 26.3 Å². The van der Waals surface area contributed by atoms with Crippen molar-refractivity contribution in [1.29, 1.82) is 0 Å². The van der Waals surface area contributed by atoms with Gasteiger partial charge in [-0.15, -0.1) is 0 Å². The highest BCUT2D eigenvalue weighted by Gasteiger charge is 2.06. The van der Waals surface area contributed by atoms with E-state index in [1.807, 2.05) is 19.9 Å². The van der Waals surface area contributed by atoms with E-state index in [0.29, 0.717) is 6.61 Å². The Balaban J connectivity index is 3.71. The fourth-order valence-electron chi connectivity index (χ4n) is 0.868. The third kappa shape index (κ3) is 4.16. The van der Waals surface area contributed by atoms with Crippen LogP contribution in [-0.2, 0) is 9.53 Å². The van der Waals surface area contributed by atoms with Gasteiger partial charge in [-0.25, -0.2) is 4.79 Å². The first-order valence-corrected chi connectivity index (χ1v) is 4.58. The lowest BCUT2D eigenvalue weighted by Crippen LogP contribution is -2.08. The molecule has 0 aromatic heterocycles. The van der Waals surface area contributed by atoms with Gasteiger partial charge in [0.25, 0.3) is 0 Å². The number of hydrogen-bond acceptors (Lipinski definition) is 2. The minimum atomic E-state index is -0.159. The van der Waals surface area contributed by atoms with Crippen molar-refractivity contribution in [3.63, 3.8) is 0 Å². The number of rotatable bonds is 5. The van der Waals surface area contributed by atoms with E-state index in [1.54, 1.807) is 0 Å². The van der Waals surface area contributed by atoms with E-state index < -0.39 is 0 Å². The molecule has 0 bridgehead atoms. The first kappa shape index (κ1) is 11.2. The van der Waals surface area contributed by atoms with E-state index in [1.165, 1.54) is 0 Å². The number of unbranched alkanes of at least 4 members (excludes halogenated alkanes) is 1. The number of carbonyl (C=O) groups is 1. The molecular weight excluding hydrogens is 152 g/mol. The van der Waals surface area contributed by atoms with Crippen molar-refractivity contribution in [2.45, 2.75) is 40.0 Å². The van der Waals surface area contributed by atoms with Crippen LogP contribution < -0.4 is 0 Å². The van der Waals surface area contributed by atoms with E-state index in [9.17, 15) is 4.79 Å². The maximum atomic E-state index is 11.2. The van der Waals surface area contributed by atoms with Gasteiger partial charge in [-0.1, -0.05) is 26.3 Å². The summed E-state index contributed by atoms with van der Waals surface area (Å²) in [5.74, 6) is -0.159. The van der Waals surface area contributed by atoms with Gasteiger partial charge in [-0.2, -0.15) is 0 Å². The second kappa shape index (κ2) is 6.89. The van der Waals surface area contributed by atoms with Crippen molar-refractivity contribution < 1.29 is 9.53 Å². The summed E-state index contributed by atoms with van der Waals surface area (Å²) in [7, 11) is 0. The number of carbonyl (C=O) groups excluding carboxylic acids is 1. The van der Waals surface area contributed by atoms with Crippen molar-refractivity contribution >= 4 is 5.97 Å². The molecule has 0 saturated carbocycles. The number of ether oxygens (including phenoxy) is 1. The Morgan fingerprint density at radius 2 is 2.08 bits per heavy atom. The van der Waals surface area contributed by atoms with Crippen molar-refractivity contribution in [3.8, 4) is 0 Å². The Labute approximate surface area is 74.6 Å². The number of allylic oxidation sites excluding steroid dienone is 1. The Morgan fingerprint density at radius 3 is 2.50 bits per heavy atom. The summed E-state index contributed by atoms with van der Waals surface area (Å²) >= 11 is 0. The summed E-state index contributed by atoms with van der Waals surface area (Å²) in [6, 6.07) is 0. The van der Waals surface area contributed by atoms with E-state index in [2.05, 4.69) is 6.92 Å². The Morgan fingerprint density at radius 1 is 1.42 bits per heavy atom. The van der Waals surface area contributed by atoms with Gasteiger partial charge in [0.15, 0.2) is 0 Å². The van der Waals surface area contributed by atoms with Crippen LogP contribution in [0, 0.1) is 0 Å². The van der Waals surface area contributed by atoms with Crippen LogP contribution in [0.4, 0.5) is 0 Å². The lowest BCUT2D eigenvalue weighted by atomic mass is 10.2. The third-order valence-corrected chi connectivity index (χ3v) is 1.72. The molecule has 2 nitrogen and oxygen atoms in total. The molecular formula is C10H18O2. The fraction of sp³-hybridized carbons (Fsp3) is 0.700. The Hall–Kier alpha value is -0.790. The summed E-state index contributed by atoms with van der Waals surface area (Å²) in [6.07, 6.45) is 4.58. The fourth-order valence-corrected chi connectivity index (χ4v) is 0.868. The number of hydrogen-bond donors (Lipinski definition) is 0. The van der Waals surface area contributed by atoms with Crippen LogP contribution in [0.3, 0.4) is 0 Å². The minimum Gasteiger partial charge on any atom is -0.462 e. The van der Waals surface area contributed by atoms with E-state index in [0.717, 1.165) is 24.8 Å². The average molecular weight is 170 g/mol. The molecule has 0 saturated heterocycles. The van der Waals surface area contributed by atoms with Gasteiger partial charge < -0.3 is 4.74 Å². The molecule has 0 radical (unpaired) electrons. The molecule has 0 aromatic carbocycles. The zero-order valence-corrected chi connectivity index (χ0v) is 8.22. The zero-order chi connectivity index (χ0) is 9.40. The van der Waals surface area contributed by atoms with Crippen LogP contribution >= 0.6 is 0 Å². The smallest absolute Gasteiger partial charge is 0.333 e. The molecule has 2 heteroatoms. The largest absolute Gasteiger partial charge is 0.462 e. The van der Waals surface area contributed by atoms with Gasteiger partial charge >= 0.3 is 5.97 Å². The molecule has 0 atom stereocenters. The highest BCUT2D eigenvalue weighted by Crippen LogP contribution is 2.03. The summed E-state index contributed by atoms with van der Waals surface area (Å²) in [5.41, 5.74) is 0.770. The summed E-state index contributed by atoms with van der Waals surface area (Å²) in [4.78, 5) is 11.2. The summed E-state index contributed by atoms with van der Waals surface area (Å²) in [6.45, 7) is 6.44. The monoisotopic (exact) mass is 170 g/mol. The molecule has 0 fully saturated rings. The first-order valence-electron chi connectivity index (χ1n) is 4.58. The van der Waals surface area contributed by atoms with Crippen LogP contribution in [0.2, 0.25) is 0 Å². The minimum absolute atomic E-state index is 0.159. The molecule has 0 aliphatic heterocycles. The maximum Gasteiger partial charge on any atom is 0.333 e. The van der Waals surface area contributed by atoms with Crippen molar-refractivity contribution in [3.05, 3.63) is 11.6 Å². The van der Waals surface area contributed by atoms with Gasteiger partial charge in [0.05, 0.1) is 6.61 Å². The van der Waals surface area contributed by atoms with Crippen LogP contribution in [-0.4, -0.2) is 12.6 Å². The van der Waals surface area contributed by atoms with E-state index >= 15 is 0 Å². The predicted molar refractivity (Wildman–Crippen MR) is 49.9 cm³/mol. The van der Waals surface area contributed by atoms with Crippen molar-refractivity contribution in [2.24, 2.45) is 0 Å². The molecule has 12 heavy (non-hydrogen) atoms. The molecule has 0 rings (SSSR count). The molecule has 0 heterocycles. The molecule has 0 spiro atoms. The molecule has 0 aromatic rings. The van der Waals surface area contributed by atoms with Gasteiger partial charge in [0.1, 0.15) is 0 Å². The van der Waals surface area contributed by atoms with Crippen molar-refractivity contribution in [2.75, 3.05) is 6.61 Å². The molecule has 0 unspecified atom stereocenters. The summed E-state index contributed by atoms with van der Waals surface area (Å²) in [5, 5.41) is 0. The van der Waals surface area contributed by atoms with Crippen molar-refractivity contribution in [1.82, 2.24) is 0 Å². The van der Waals surface area contributed by atoms with Crippen LogP contribution in [0.5, 0.6) is 0 Å².